The zero-order chi connectivity index (χ0) is 20.8. The Hall–Kier alpha value is -3.61. The molecule has 7 heteroatoms. The molecule has 3 aromatic rings. The maximum absolute atomic E-state index is 12.4. The molecule has 0 fully saturated rings. The van der Waals surface area contributed by atoms with Crippen LogP contribution in [0.4, 0.5) is 0 Å². The van der Waals surface area contributed by atoms with Gasteiger partial charge in [-0.3, -0.25) is 15.0 Å². The second-order valence-corrected chi connectivity index (χ2v) is 6.86. The van der Waals surface area contributed by atoms with E-state index < -0.39 is 5.91 Å². The minimum absolute atomic E-state index is 0.342. The van der Waals surface area contributed by atoms with E-state index >= 15 is 0 Å². The van der Waals surface area contributed by atoms with Crippen molar-refractivity contribution in [2.75, 3.05) is 19.1 Å². The lowest BCUT2D eigenvalue weighted by Crippen LogP contribution is -2.32. The van der Waals surface area contributed by atoms with Gasteiger partial charge in [0.05, 0.1) is 24.6 Å². The summed E-state index contributed by atoms with van der Waals surface area (Å²) >= 11 is 0. The number of hydrogen-bond acceptors (Lipinski definition) is 5. The summed E-state index contributed by atoms with van der Waals surface area (Å²) in [7, 11) is 1.57. The monoisotopic (exact) mass is 393 g/mol. The van der Waals surface area contributed by atoms with Gasteiger partial charge in [0.2, 0.25) is 0 Å². The molecular weight excluding hydrogens is 370 g/mol. The Morgan fingerprint density at radius 1 is 1.21 bits per heavy atom. The summed E-state index contributed by atoms with van der Waals surface area (Å²) in [6.07, 6.45) is 4.26. The third kappa shape index (κ3) is 5.01. The van der Waals surface area contributed by atoms with E-state index in [4.69, 9.17) is 9.47 Å². The number of hydrogen-bond donors (Lipinski definition) is 1. The molecule has 1 N–H and O–H groups in total. The number of carbonyl (C=O) groups is 1. The third-order valence-corrected chi connectivity index (χ3v) is 4.08. The molecule has 0 aliphatic rings. The molecule has 0 saturated carbocycles. The quantitative estimate of drug-likeness (QED) is 0.623. The van der Waals surface area contributed by atoms with Gasteiger partial charge in [0, 0.05) is 6.08 Å². The normalized spacial score (nSPS) is 11.2. The predicted octanol–water partition coefficient (Wildman–Crippen LogP) is 3.22. The van der Waals surface area contributed by atoms with E-state index in [1.807, 2.05) is 6.07 Å². The molecular formula is C22H23N3O4. The molecule has 0 spiro atoms. The summed E-state index contributed by atoms with van der Waals surface area (Å²) < 4.78 is 12.2. The van der Waals surface area contributed by atoms with Crippen LogP contribution in [0.3, 0.4) is 0 Å². The van der Waals surface area contributed by atoms with Crippen molar-refractivity contribution in [2.24, 2.45) is 5.92 Å². The van der Waals surface area contributed by atoms with Crippen molar-refractivity contribution >= 4 is 22.9 Å². The largest absolute Gasteiger partial charge is 0.493 e. The molecule has 0 aliphatic carbocycles. The number of methoxy groups -OCH3 is 1. The second-order valence-electron chi connectivity index (χ2n) is 6.86. The number of aromatic nitrogens is 2. The van der Waals surface area contributed by atoms with Gasteiger partial charge in [-0.05, 0) is 41.8 Å². The number of benzene rings is 2. The minimum atomic E-state index is -0.455. The number of fused-ring (bicyclic) bond motifs is 1. The van der Waals surface area contributed by atoms with Crippen molar-refractivity contribution < 1.29 is 14.3 Å². The van der Waals surface area contributed by atoms with Crippen LogP contribution >= 0.6 is 0 Å². The summed E-state index contributed by atoms with van der Waals surface area (Å²) in [5, 5.41) is 0.431. The lowest BCUT2D eigenvalue weighted by Gasteiger charge is -2.12. The average Bonchev–Trinajstić information content (AvgIpc) is 2.73. The van der Waals surface area contributed by atoms with Crippen LogP contribution in [0.2, 0.25) is 0 Å². The van der Waals surface area contributed by atoms with Gasteiger partial charge >= 0.3 is 0 Å². The first-order valence-electron chi connectivity index (χ1n) is 9.24. The highest BCUT2D eigenvalue weighted by Gasteiger charge is 2.07. The molecule has 0 saturated heterocycles. The maximum Gasteiger partial charge on any atom is 0.280 e. The van der Waals surface area contributed by atoms with Gasteiger partial charge in [-0.15, -0.1) is 0 Å². The summed E-state index contributed by atoms with van der Waals surface area (Å²) in [4.78, 5) is 28.8. The van der Waals surface area contributed by atoms with Crippen LogP contribution in [0.25, 0.3) is 17.0 Å². The first-order chi connectivity index (χ1) is 14.0. The van der Waals surface area contributed by atoms with Crippen molar-refractivity contribution in [3.05, 3.63) is 70.8 Å². The minimum Gasteiger partial charge on any atom is -0.493 e. The lowest BCUT2D eigenvalue weighted by molar-refractivity contribution is -0.112. The standard InChI is InChI=1S/C22H23N3O4/c1-15(2)13-29-19-10-8-16(12-20(19)28-3)9-11-21(26)24-25-14-23-18-7-5-4-6-17(18)22(25)27/h4-12,14-15H,13H2,1-3H3,(H,24,26)/b11-9+. The topological polar surface area (TPSA) is 82.5 Å². The molecule has 2 aromatic carbocycles. The Morgan fingerprint density at radius 3 is 2.76 bits per heavy atom. The zero-order valence-corrected chi connectivity index (χ0v) is 16.6. The van der Waals surface area contributed by atoms with E-state index in [0.717, 1.165) is 10.2 Å². The molecule has 150 valence electrons. The fourth-order valence-electron chi connectivity index (χ4n) is 2.64. The fraction of sp³-hybridized carbons (Fsp3) is 0.227. The Bertz CT molecular complexity index is 1100. The van der Waals surface area contributed by atoms with E-state index in [1.165, 1.54) is 12.4 Å². The van der Waals surface area contributed by atoms with Crippen LogP contribution < -0.4 is 20.5 Å². The van der Waals surface area contributed by atoms with Crippen molar-refractivity contribution in [2.45, 2.75) is 13.8 Å². The van der Waals surface area contributed by atoms with Gasteiger partial charge in [0.25, 0.3) is 11.5 Å². The van der Waals surface area contributed by atoms with Crippen molar-refractivity contribution in [1.82, 2.24) is 9.66 Å². The number of carbonyl (C=O) groups excluding carboxylic acids is 1. The molecule has 0 unspecified atom stereocenters. The van der Waals surface area contributed by atoms with Crippen LogP contribution in [-0.4, -0.2) is 29.3 Å². The highest BCUT2D eigenvalue weighted by Crippen LogP contribution is 2.28. The molecule has 7 nitrogen and oxygen atoms in total. The molecule has 1 amide bonds. The summed E-state index contributed by atoms with van der Waals surface area (Å²) in [6.45, 7) is 4.72. The van der Waals surface area contributed by atoms with Gasteiger partial charge in [0.1, 0.15) is 6.33 Å². The van der Waals surface area contributed by atoms with Gasteiger partial charge in [-0.2, -0.15) is 0 Å². The van der Waals surface area contributed by atoms with E-state index in [2.05, 4.69) is 24.3 Å². The van der Waals surface area contributed by atoms with Gasteiger partial charge in [-0.1, -0.05) is 32.0 Å². The highest BCUT2D eigenvalue weighted by molar-refractivity contribution is 5.97. The van der Waals surface area contributed by atoms with Gasteiger partial charge in [0.15, 0.2) is 11.5 Å². The van der Waals surface area contributed by atoms with E-state index in [0.29, 0.717) is 34.9 Å². The number of rotatable bonds is 7. The van der Waals surface area contributed by atoms with Crippen LogP contribution in [0.15, 0.2) is 59.7 Å². The highest BCUT2D eigenvalue weighted by atomic mass is 16.5. The van der Waals surface area contributed by atoms with Gasteiger partial charge in [-0.25, -0.2) is 9.66 Å². The number of nitrogens with zero attached hydrogens (tertiary/aromatic N) is 2. The van der Waals surface area contributed by atoms with Crippen molar-refractivity contribution in [1.29, 1.82) is 0 Å². The van der Waals surface area contributed by atoms with E-state index in [-0.39, 0.29) is 5.56 Å². The molecule has 1 aromatic heterocycles. The third-order valence-electron chi connectivity index (χ3n) is 4.08. The number of ether oxygens (including phenoxy) is 2. The molecule has 0 atom stereocenters. The Balaban J connectivity index is 1.72. The Morgan fingerprint density at radius 2 is 2.00 bits per heavy atom. The number of amides is 1. The van der Waals surface area contributed by atoms with Crippen LogP contribution in [0, 0.1) is 5.92 Å². The summed E-state index contributed by atoms with van der Waals surface area (Å²) in [5.41, 5.74) is 3.50. The Labute approximate surface area is 168 Å². The van der Waals surface area contributed by atoms with Crippen LogP contribution in [0.5, 0.6) is 11.5 Å². The fourth-order valence-corrected chi connectivity index (χ4v) is 2.64. The van der Waals surface area contributed by atoms with E-state index in [1.54, 1.807) is 49.6 Å². The molecule has 29 heavy (non-hydrogen) atoms. The molecule has 0 radical (unpaired) electrons. The van der Waals surface area contributed by atoms with Crippen molar-refractivity contribution in [3.8, 4) is 11.5 Å². The molecule has 1 heterocycles. The van der Waals surface area contributed by atoms with Crippen LogP contribution in [0.1, 0.15) is 19.4 Å². The first-order valence-corrected chi connectivity index (χ1v) is 9.24. The summed E-state index contributed by atoms with van der Waals surface area (Å²) in [5.74, 6) is 1.18. The number of para-hydroxylation sites is 1. The van der Waals surface area contributed by atoms with Crippen molar-refractivity contribution in [3.63, 3.8) is 0 Å². The van der Waals surface area contributed by atoms with Crippen LogP contribution in [-0.2, 0) is 4.79 Å². The summed E-state index contributed by atoms with van der Waals surface area (Å²) in [6, 6.07) is 12.4. The predicted molar refractivity (Wildman–Crippen MR) is 113 cm³/mol. The zero-order valence-electron chi connectivity index (χ0n) is 16.6. The SMILES string of the molecule is COc1cc(/C=C/C(=O)Nn2cnc3ccccc3c2=O)ccc1OCC(C)C. The smallest absolute Gasteiger partial charge is 0.280 e. The Kier molecular flexibility index (Phi) is 6.29. The van der Waals surface area contributed by atoms with E-state index in [9.17, 15) is 9.59 Å². The first kappa shape index (κ1) is 20.1. The second kappa shape index (κ2) is 9.05. The van der Waals surface area contributed by atoms with Gasteiger partial charge < -0.3 is 9.47 Å². The molecule has 3 rings (SSSR count). The molecule has 0 bridgehead atoms. The molecule has 0 aliphatic heterocycles. The maximum atomic E-state index is 12.4. The number of nitrogens with one attached hydrogen (secondary N) is 1. The average molecular weight is 393 g/mol. The lowest BCUT2D eigenvalue weighted by atomic mass is 10.2.